The molecule has 0 bridgehead atoms. The van der Waals surface area contributed by atoms with E-state index in [2.05, 4.69) is 11.7 Å². The predicted octanol–water partition coefficient (Wildman–Crippen LogP) is 7.23. The number of fused-ring (bicyclic) bond motifs is 1. The van der Waals surface area contributed by atoms with Crippen LogP contribution in [0.15, 0.2) is 24.3 Å². The van der Waals surface area contributed by atoms with Gasteiger partial charge in [-0.3, -0.25) is 0 Å². The van der Waals surface area contributed by atoms with Crippen LogP contribution in [0.5, 0.6) is 5.75 Å². The Bertz CT molecular complexity index is 585. The summed E-state index contributed by atoms with van der Waals surface area (Å²) in [5.41, 5.74) is 1.14. The summed E-state index contributed by atoms with van der Waals surface area (Å²) in [5.74, 6) is 1.79. The molecule has 0 N–H and O–H groups in total. The van der Waals surface area contributed by atoms with Crippen LogP contribution < -0.4 is 4.74 Å². The lowest BCUT2D eigenvalue weighted by molar-refractivity contribution is -0.274. The lowest BCUT2D eigenvalue weighted by Crippen LogP contribution is -2.33. The molecule has 158 valence electrons. The Balaban J connectivity index is 1.44. The fourth-order valence-corrected chi connectivity index (χ4v) is 5.02. The van der Waals surface area contributed by atoms with Gasteiger partial charge in [-0.25, -0.2) is 0 Å². The summed E-state index contributed by atoms with van der Waals surface area (Å²) < 4.78 is 47.1. The molecule has 5 heteroatoms. The predicted molar refractivity (Wildman–Crippen MR) is 104 cm³/mol. The van der Waals surface area contributed by atoms with Gasteiger partial charge in [0.15, 0.2) is 0 Å². The van der Waals surface area contributed by atoms with Crippen LogP contribution in [0, 0.1) is 11.8 Å². The molecule has 28 heavy (non-hydrogen) atoms. The Morgan fingerprint density at radius 3 is 2.32 bits per heavy atom. The van der Waals surface area contributed by atoms with Gasteiger partial charge in [0, 0.05) is 6.61 Å². The van der Waals surface area contributed by atoms with Crippen molar-refractivity contribution in [2.75, 3.05) is 6.61 Å². The third kappa shape index (κ3) is 6.40. The molecule has 2 nitrogen and oxygen atoms in total. The fraction of sp³-hybridized carbons (Fsp3) is 0.739. The maximum atomic E-state index is 12.3. The molecule has 3 rings (SSSR count). The first kappa shape index (κ1) is 21.5. The number of halogens is 3. The summed E-state index contributed by atoms with van der Waals surface area (Å²) in [6.07, 6.45) is 7.81. The topological polar surface area (TPSA) is 18.5 Å². The molecule has 2 aliphatic carbocycles. The lowest BCUT2D eigenvalue weighted by Gasteiger charge is -2.42. The van der Waals surface area contributed by atoms with Crippen molar-refractivity contribution in [3.05, 3.63) is 29.8 Å². The fourth-order valence-electron chi connectivity index (χ4n) is 5.02. The average molecular weight is 399 g/mol. The average Bonchev–Trinajstić information content (AvgIpc) is 2.67. The number of ether oxygens (including phenoxy) is 2. The normalized spacial score (nSPS) is 28.0. The summed E-state index contributed by atoms with van der Waals surface area (Å²) in [6.45, 7) is 3.13. The van der Waals surface area contributed by atoms with Crippen molar-refractivity contribution < 1.29 is 22.6 Å². The van der Waals surface area contributed by atoms with E-state index in [4.69, 9.17) is 4.74 Å². The van der Waals surface area contributed by atoms with E-state index < -0.39 is 6.36 Å². The van der Waals surface area contributed by atoms with Gasteiger partial charge in [-0.1, -0.05) is 38.3 Å². The molecule has 2 saturated carbocycles. The summed E-state index contributed by atoms with van der Waals surface area (Å²) in [7, 11) is 0. The molecule has 0 aliphatic heterocycles. The molecule has 4 atom stereocenters. The van der Waals surface area contributed by atoms with E-state index in [0.29, 0.717) is 12.0 Å². The van der Waals surface area contributed by atoms with E-state index in [-0.39, 0.29) is 5.75 Å². The number of hydrogen-bond donors (Lipinski definition) is 0. The third-order valence-corrected chi connectivity index (χ3v) is 6.50. The van der Waals surface area contributed by atoms with Crippen LogP contribution in [0.3, 0.4) is 0 Å². The van der Waals surface area contributed by atoms with Crippen LogP contribution >= 0.6 is 0 Å². The van der Waals surface area contributed by atoms with Gasteiger partial charge in [-0.15, -0.1) is 13.2 Å². The summed E-state index contributed by atoms with van der Waals surface area (Å²) in [6, 6.07) is 6.49. The Kier molecular flexibility index (Phi) is 7.67. The van der Waals surface area contributed by atoms with Gasteiger partial charge in [-0.05, 0) is 80.4 Å². The van der Waals surface area contributed by atoms with Crippen LogP contribution in [0.25, 0.3) is 0 Å². The van der Waals surface area contributed by atoms with Gasteiger partial charge >= 0.3 is 6.36 Å². The smallest absolute Gasteiger partial charge is 0.406 e. The van der Waals surface area contributed by atoms with Gasteiger partial charge in [0.05, 0.1) is 6.10 Å². The molecule has 0 spiro atoms. The van der Waals surface area contributed by atoms with Crippen molar-refractivity contribution in [2.45, 2.75) is 89.5 Å². The van der Waals surface area contributed by atoms with Gasteiger partial charge in [0.2, 0.25) is 0 Å². The van der Waals surface area contributed by atoms with Crippen LogP contribution in [0.1, 0.15) is 82.6 Å². The zero-order valence-electron chi connectivity index (χ0n) is 16.8. The Hall–Kier alpha value is -1.23. The zero-order chi connectivity index (χ0) is 20.0. The molecule has 0 amide bonds. The van der Waals surface area contributed by atoms with E-state index in [1.807, 2.05) is 0 Å². The summed E-state index contributed by atoms with van der Waals surface area (Å²) >= 11 is 0. The number of hydrogen-bond acceptors (Lipinski definition) is 2. The van der Waals surface area contributed by atoms with Crippen LogP contribution in [0.4, 0.5) is 13.2 Å². The second kappa shape index (κ2) is 10.00. The first-order valence-corrected chi connectivity index (χ1v) is 10.9. The number of unbranched alkanes of at least 4 members (excludes halogenated alkanes) is 3. The SMILES string of the molecule is CCCCCCOC1CCC2CC(c3ccc(OC(F)(F)F)cc3)CCC2C1. The minimum Gasteiger partial charge on any atom is -0.406 e. The van der Waals surface area contributed by atoms with Crippen molar-refractivity contribution in [1.29, 1.82) is 0 Å². The minimum absolute atomic E-state index is 0.137. The summed E-state index contributed by atoms with van der Waals surface area (Å²) in [4.78, 5) is 0. The summed E-state index contributed by atoms with van der Waals surface area (Å²) in [5, 5.41) is 0. The maximum absolute atomic E-state index is 12.3. The Morgan fingerprint density at radius 1 is 0.893 bits per heavy atom. The van der Waals surface area contributed by atoms with Gasteiger partial charge in [0.25, 0.3) is 0 Å². The zero-order valence-corrected chi connectivity index (χ0v) is 16.8. The first-order chi connectivity index (χ1) is 13.4. The van der Waals surface area contributed by atoms with E-state index in [9.17, 15) is 13.2 Å². The quantitative estimate of drug-likeness (QED) is 0.430. The van der Waals surface area contributed by atoms with E-state index in [0.717, 1.165) is 43.3 Å². The van der Waals surface area contributed by atoms with Crippen LogP contribution in [-0.2, 0) is 4.74 Å². The minimum atomic E-state index is -4.63. The Morgan fingerprint density at radius 2 is 1.61 bits per heavy atom. The number of benzene rings is 1. The molecule has 4 unspecified atom stereocenters. The number of alkyl halides is 3. The van der Waals surface area contributed by atoms with Gasteiger partial charge in [0.1, 0.15) is 5.75 Å². The van der Waals surface area contributed by atoms with Crippen molar-refractivity contribution in [3.63, 3.8) is 0 Å². The van der Waals surface area contributed by atoms with Crippen molar-refractivity contribution in [2.24, 2.45) is 11.8 Å². The molecule has 1 aromatic rings. The van der Waals surface area contributed by atoms with Gasteiger partial charge in [-0.2, -0.15) is 0 Å². The first-order valence-electron chi connectivity index (χ1n) is 10.9. The molecule has 1 aromatic carbocycles. The van der Waals surface area contributed by atoms with Crippen molar-refractivity contribution in [3.8, 4) is 5.75 Å². The molecular weight excluding hydrogens is 365 g/mol. The van der Waals surface area contributed by atoms with E-state index in [1.165, 1.54) is 57.1 Å². The molecular formula is C23H33F3O2. The molecule has 0 saturated heterocycles. The monoisotopic (exact) mass is 398 g/mol. The largest absolute Gasteiger partial charge is 0.573 e. The van der Waals surface area contributed by atoms with Crippen LogP contribution in [-0.4, -0.2) is 19.1 Å². The molecule has 2 aliphatic rings. The van der Waals surface area contributed by atoms with Crippen molar-refractivity contribution >= 4 is 0 Å². The Labute approximate surface area is 166 Å². The second-order valence-electron chi connectivity index (χ2n) is 8.51. The van der Waals surface area contributed by atoms with Crippen molar-refractivity contribution in [1.82, 2.24) is 0 Å². The highest BCUT2D eigenvalue weighted by Crippen LogP contribution is 2.46. The van der Waals surface area contributed by atoms with E-state index in [1.54, 1.807) is 12.1 Å². The highest BCUT2D eigenvalue weighted by Gasteiger charge is 2.36. The molecule has 0 radical (unpaired) electrons. The highest BCUT2D eigenvalue weighted by atomic mass is 19.4. The number of rotatable bonds is 8. The lowest BCUT2D eigenvalue weighted by atomic mass is 9.65. The molecule has 0 heterocycles. The van der Waals surface area contributed by atoms with Gasteiger partial charge < -0.3 is 9.47 Å². The second-order valence-corrected chi connectivity index (χ2v) is 8.51. The standard InChI is InChI=1S/C23H33F3O2/c1-2-3-4-5-14-27-22-13-10-19-15-18(6-7-20(19)16-22)17-8-11-21(12-9-17)28-23(24,25)26/h8-9,11-12,18-20,22H,2-7,10,13-16H2,1H3. The van der Waals surface area contributed by atoms with E-state index >= 15 is 0 Å². The highest BCUT2D eigenvalue weighted by molar-refractivity contribution is 5.30. The molecule has 0 aromatic heterocycles. The third-order valence-electron chi connectivity index (χ3n) is 6.50. The molecule has 2 fully saturated rings. The van der Waals surface area contributed by atoms with Crippen LogP contribution in [0.2, 0.25) is 0 Å². The maximum Gasteiger partial charge on any atom is 0.573 e.